The van der Waals surface area contributed by atoms with Gasteiger partial charge in [-0.05, 0) is 53.0 Å². The highest BCUT2D eigenvalue weighted by molar-refractivity contribution is 6.74. The Balaban J connectivity index is 1.63. The summed E-state index contributed by atoms with van der Waals surface area (Å²) >= 11 is 0. The highest BCUT2D eigenvalue weighted by atomic mass is 28.4. The summed E-state index contributed by atoms with van der Waals surface area (Å²) in [6.07, 6.45) is 2.50. The Morgan fingerprint density at radius 2 is 1.52 bits per heavy atom. The van der Waals surface area contributed by atoms with Gasteiger partial charge in [-0.15, -0.1) is 0 Å². The molecule has 1 saturated heterocycles. The van der Waals surface area contributed by atoms with E-state index < -0.39 is 43.9 Å². The number of hydrogen-bond donors (Lipinski definition) is 3. The van der Waals surface area contributed by atoms with Gasteiger partial charge in [-0.25, -0.2) is 4.79 Å². The molecule has 2 heterocycles. The first-order chi connectivity index (χ1) is 20.9. The molecule has 4 N–H and O–H groups in total. The van der Waals surface area contributed by atoms with E-state index in [1.165, 1.54) is 4.90 Å². The van der Waals surface area contributed by atoms with Crippen molar-refractivity contribution in [1.82, 2.24) is 10.2 Å². The minimum absolute atomic E-state index is 0.0371. The Bertz CT molecular complexity index is 1420. The van der Waals surface area contributed by atoms with Crippen LogP contribution in [0.3, 0.4) is 0 Å². The molecule has 1 fully saturated rings. The van der Waals surface area contributed by atoms with Crippen LogP contribution >= 0.6 is 0 Å². The fourth-order valence-corrected chi connectivity index (χ4v) is 7.46. The van der Waals surface area contributed by atoms with Gasteiger partial charge in [0.05, 0.1) is 31.3 Å². The molecule has 4 atom stereocenters. The average Bonchev–Trinajstić information content (AvgIpc) is 3.40. The van der Waals surface area contributed by atoms with Gasteiger partial charge in [0.15, 0.2) is 14.5 Å². The summed E-state index contributed by atoms with van der Waals surface area (Å²) in [7, 11) is -0.584. The number of methoxy groups -OCH3 is 1. The van der Waals surface area contributed by atoms with Crippen molar-refractivity contribution in [1.29, 1.82) is 0 Å². The fraction of sp³-hybridized carbons (Fsp3) is 0.400. The molecule has 2 aliphatic rings. The van der Waals surface area contributed by atoms with Crippen LogP contribution in [-0.2, 0) is 14.6 Å². The third-order valence-corrected chi connectivity index (χ3v) is 14.0. The van der Waals surface area contributed by atoms with Crippen molar-refractivity contribution in [2.75, 3.05) is 13.7 Å². The second kappa shape index (κ2) is 12.1. The van der Waals surface area contributed by atoms with Crippen LogP contribution in [0, 0.1) is 0 Å². The maximum atomic E-state index is 14.2. The van der Waals surface area contributed by atoms with Crippen LogP contribution in [0.5, 0.6) is 5.75 Å². The van der Waals surface area contributed by atoms with Gasteiger partial charge in [-0.3, -0.25) is 4.90 Å². The second-order valence-corrected chi connectivity index (χ2v) is 18.0. The zero-order valence-corrected chi connectivity index (χ0v) is 27.5. The van der Waals surface area contributed by atoms with Crippen molar-refractivity contribution >= 4 is 14.3 Å². The summed E-state index contributed by atoms with van der Waals surface area (Å²) in [5.74, 6) is 0.717. The third-order valence-electron chi connectivity index (χ3n) is 9.48. The summed E-state index contributed by atoms with van der Waals surface area (Å²) < 4.78 is 18.5. The van der Waals surface area contributed by atoms with E-state index in [1.807, 2.05) is 91.0 Å². The number of carbonyl (C=O) groups is 1. The molecule has 9 heteroatoms. The molecule has 3 aromatic rings. The summed E-state index contributed by atoms with van der Waals surface area (Å²) in [6, 6.07) is 27.4. The SMILES string of the molecule is COc1ccc(C(c2ccccc2)(c2ccccc2)C2(N)C=CN([C@@H]3O[C@H](CO)C[C@H]3O[Si](C)(C)C(C)(C)C)C(=O)N2)cc1. The molecular formula is C35H45N3O5Si. The first kappa shape index (κ1) is 31.9. The Labute approximate surface area is 261 Å². The maximum absolute atomic E-state index is 14.2. The van der Waals surface area contributed by atoms with E-state index in [2.05, 4.69) is 39.2 Å². The molecule has 44 heavy (non-hydrogen) atoms. The standard InChI is InChI=1S/C35H45N3O5Si/c1-33(2,3)44(5,6)43-30-23-29(24-39)42-31(30)38-22-21-34(36,37-32(38)40)35(25-13-9-7-10-14-25,26-15-11-8-12-16-26)27-17-19-28(41-4)20-18-27/h7-22,29-31,39H,23-24,36H2,1-6H3,(H,37,40)/t29-,30+,31+,34?/m0/s1. The average molecular weight is 616 g/mol. The number of nitrogens with zero attached hydrogens (tertiary/aromatic N) is 1. The maximum Gasteiger partial charge on any atom is 0.325 e. The highest BCUT2D eigenvalue weighted by Crippen LogP contribution is 2.48. The van der Waals surface area contributed by atoms with Crippen LogP contribution in [0.15, 0.2) is 97.2 Å². The molecule has 0 aliphatic carbocycles. The topological polar surface area (TPSA) is 106 Å². The highest BCUT2D eigenvalue weighted by Gasteiger charge is 2.56. The van der Waals surface area contributed by atoms with Crippen molar-refractivity contribution in [3.8, 4) is 5.75 Å². The molecule has 2 aliphatic heterocycles. The molecule has 5 rings (SSSR count). The van der Waals surface area contributed by atoms with E-state index in [4.69, 9.17) is 19.6 Å². The predicted octanol–water partition coefficient (Wildman–Crippen LogP) is 5.72. The van der Waals surface area contributed by atoms with Gasteiger partial charge in [0.2, 0.25) is 0 Å². The Morgan fingerprint density at radius 3 is 2.00 bits per heavy atom. The molecule has 2 amide bonds. The zero-order chi connectivity index (χ0) is 31.8. The number of rotatable bonds is 9. The number of carbonyl (C=O) groups excluding carboxylic acids is 1. The van der Waals surface area contributed by atoms with Gasteiger partial charge in [0.25, 0.3) is 0 Å². The number of hydrogen-bond acceptors (Lipinski definition) is 6. The van der Waals surface area contributed by atoms with E-state index in [0.717, 1.165) is 16.7 Å². The van der Waals surface area contributed by atoms with E-state index in [0.29, 0.717) is 12.2 Å². The second-order valence-electron chi connectivity index (χ2n) is 13.2. The van der Waals surface area contributed by atoms with Gasteiger partial charge < -0.3 is 30.1 Å². The van der Waals surface area contributed by atoms with E-state index in [1.54, 1.807) is 13.3 Å². The van der Waals surface area contributed by atoms with Gasteiger partial charge in [-0.1, -0.05) is 93.6 Å². The smallest absolute Gasteiger partial charge is 0.325 e. The first-order valence-corrected chi connectivity index (χ1v) is 18.1. The van der Waals surface area contributed by atoms with E-state index in [9.17, 15) is 9.90 Å². The summed E-state index contributed by atoms with van der Waals surface area (Å²) in [6.45, 7) is 10.7. The number of aliphatic hydroxyl groups excluding tert-OH is 1. The van der Waals surface area contributed by atoms with Crippen LogP contribution < -0.4 is 15.8 Å². The minimum Gasteiger partial charge on any atom is -0.497 e. The van der Waals surface area contributed by atoms with Crippen molar-refractivity contribution in [3.05, 3.63) is 114 Å². The summed E-state index contributed by atoms with van der Waals surface area (Å²) in [4.78, 5) is 15.7. The minimum atomic E-state index is -2.22. The van der Waals surface area contributed by atoms with Gasteiger partial charge >= 0.3 is 6.03 Å². The van der Waals surface area contributed by atoms with Gasteiger partial charge in [0.1, 0.15) is 11.4 Å². The quantitative estimate of drug-likeness (QED) is 0.210. The van der Waals surface area contributed by atoms with E-state index >= 15 is 0 Å². The first-order valence-electron chi connectivity index (χ1n) is 15.1. The number of nitrogens with two attached hydrogens (primary N) is 1. The number of benzene rings is 3. The number of ether oxygens (including phenoxy) is 2. The molecule has 3 aromatic carbocycles. The van der Waals surface area contributed by atoms with Gasteiger partial charge in [-0.2, -0.15) is 0 Å². The number of amides is 2. The lowest BCUT2D eigenvalue weighted by Crippen LogP contribution is -2.72. The summed E-state index contributed by atoms with van der Waals surface area (Å²) in [5, 5.41) is 13.1. The Hall–Kier alpha value is -3.47. The molecule has 1 unspecified atom stereocenters. The van der Waals surface area contributed by atoms with Crippen molar-refractivity contribution < 1.29 is 23.8 Å². The molecule has 8 nitrogen and oxygen atoms in total. The molecule has 0 bridgehead atoms. The summed E-state index contributed by atoms with van der Waals surface area (Å²) in [5.41, 5.74) is 7.70. The predicted molar refractivity (Wildman–Crippen MR) is 175 cm³/mol. The molecule has 0 saturated carbocycles. The van der Waals surface area contributed by atoms with Crippen LogP contribution in [0.2, 0.25) is 18.1 Å². The third kappa shape index (κ3) is 5.59. The molecular weight excluding hydrogens is 570 g/mol. The Kier molecular flexibility index (Phi) is 8.81. The van der Waals surface area contributed by atoms with Crippen LogP contribution in [0.25, 0.3) is 0 Å². The van der Waals surface area contributed by atoms with Gasteiger partial charge in [0, 0.05) is 12.6 Å². The largest absolute Gasteiger partial charge is 0.497 e. The van der Waals surface area contributed by atoms with E-state index in [-0.39, 0.29) is 11.6 Å². The number of urea groups is 1. The lowest BCUT2D eigenvalue weighted by Gasteiger charge is -2.51. The lowest BCUT2D eigenvalue weighted by molar-refractivity contribution is -0.0638. The number of nitrogens with one attached hydrogen (secondary N) is 1. The molecule has 0 spiro atoms. The monoisotopic (exact) mass is 615 g/mol. The molecule has 234 valence electrons. The van der Waals surface area contributed by atoms with Crippen LogP contribution in [0.1, 0.15) is 43.9 Å². The van der Waals surface area contributed by atoms with Crippen molar-refractivity contribution in [2.45, 2.75) is 74.8 Å². The lowest BCUT2D eigenvalue weighted by atomic mass is 9.61. The van der Waals surface area contributed by atoms with Crippen LogP contribution in [-0.4, -0.2) is 62.2 Å². The molecule has 0 radical (unpaired) electrons. The molecule has 0 aromatic heterocycles. The zero-order valence-electron chi connectivity index (χ0n) is 26.5. The van der Waals surface area contributed by atoms with Crippen molar-refractivity contribution in [2.24, 2.45) is 5.73 Å². The van der Waals surface area contributed by atoms with Crippen molar-refractivity contribution in [3.63, 3.8) is 0 Å². The Morgan fingerprint density at radius 1 is 0.977 bits per heavy atom. The fourth-order valence-electron chi connectivity index (χ4n) is 6.14. The normalized spacial score (nSPS) is 24.3. The van der Waals surface area contributed by atoms with Crippen LogP contribution in [0.4, 0.5) is 4.79 Å². The number of aliphatic hydroxyl groups is 1.